The van der Waals surface area contributed by atoms with E-state index in [2.05, 4.69) is 26.2 Å². The smallest absolute Gasteiger partial charge is 0.319 e. The van der Waals surface area contributed by atoms with Crippen molar-refractivity contribution in [3.05, 3.63) is 59.9 Å². The van der Waals surface area contributed by atoms with Gasteiger partial charge in [-0.15, -0.1) is 0 Å². The molecule has 0 aliphatic carbocycles. The number of piperazine rings is 1. The van der Waals surface area contributed by atoms with Crippen molar-refractivity contribution < 1.29 is 13.5 Å². The molecule has 4 fully saturated rings. The monoisotopic (exact) mass is 566 g/mol. The summed E-state index contributed by atoms with van der Waals surface area (Å²) in [4.78, 5) is 13.9. The van der Waals surface area contributed by atoms with Crippen molar-refractivity contribution >= 4 is 27.5 Å². The molecule has 2 unspecified atom stereocenters. The van der Waals surface area contributed by atoms with E-state index in [0.717, 1.165) is 56.1 Å². The zero-order valence-corrected chi connectivity index (χ0v) is 23.3. The summed E-state index contributed by atoms with van der Waals surface area (Å²) in [5.41, 5.74) is 1.09. The van der Waals surface area contributed by atoms with Crippen molar-refractivity contribution in [2.75, 3.05) is 37.7 Å². The van der Waals surface area contributed by atoms with Gasteiger partial charge in [0.25, 0.3) is 0 Å². The van der Waals surface area contributed by atoms with Gasteiger partial charge in [-0.3, -0.25) is 4.90 Å². The highest BCUT2D eigenvalue weighted by Crippen LogP contribution is 2.42. The Balaban J connectivity index is 1.26. The van der Waals surface area contributed by atoms with Crippen molar-refractivity contribution in [1.82, 2.24) is 20.2 Å². The molecule has 1 N–H and O–H groups in total. The molecule has 0 spiro atoms. The van der Waals surface area contributed by atoms with Crippen LogP contribution in [0.4, 0.5) is 14.6 Å². The lowest BCUT2D eigenvalue weighted by Gasteiger charge is -2.34. The first kappa shape index (κ1) is 25.8. The van der Waals surface area contributed by atoms with E-state index in [1.165, 1.54) is 0 Å². The number of nitriles is 1. The van der Waals surface area contributed by atoms with Crippen molar-refractivity contribution in [2.45, 2.75) is 55.9 Å². The van der Waals surface area contributed by atoms with E-state index in [1.807, 2.05) is 36.4 Å². The molecule has 3 aromatic carbocycles. The first-order valence-electron chi connectivity index (χ1n) is 15.0. The maximum atomic E-state index is 16.8. The summed E-state index contributed by atoms with van der Waals surface area (Å²) in [6, 6.07) is 18.0. The number of aromatic nitrogens is 2. The number of rotatable bonds is 5. The Hall–Kier alpha value is -3.87. The number of fused-ring (bicyclic) bond motifs is 5. The molecule has 0 amide bonds. The summed E-state index contributed by atoms with van der Waals surface area (Å²) in [6.45, 7) is 3.11. The lowest BCUT2D eigenvalue weighted by molar-refractivity contribution is 0.107. The van der Waals surface area contributed by atoms with Crippen LogP contribution in [-0.4, -0.2) is 71.4 Å². The molecule has 7 nitrogen and oxygen atoms in total. The van der Waals surface area contributed by atoms with Crippen LogP contribution in [0.3, 0.4) is 0 Å². The molecule has 4 aliphatic heterocycles. The van der Waals surface area contributed by atoms with E-state index >= 15 is 4.39 Å². The quantitative estimate of drug-likeness (QED) is 0.349. The minimum atomic E-state index is -0.867. The average molecular weight is 567 g/mol. The number of hydrogen-bond donors (Lipinski definition) is 1. The Labute approximate surface area is 243 Å². The number of nitrogens with zero attached hydrogens (tertiary/aromatic N) is 5. The molecule has 4 atom stereocenters. The highest BCUT2D eigenvalue weighted by atomic mass is 19.1. The Bertz CT molecular complexity index is 1740. The van der Waals surface area contributed by atoms with Gasteiger partial charge in [-0.05, 0) is 55.1 Å². The van der Waals surface area contributed by atoms with Gasteiger partial charge in [-0.25, -0.2) is 8.78 Å². The highest BCUT2D eigenvalue weighted by molar-refractivity contribution is 6.02. The van der Waals surface area contributed by atoms with Crippen LogP contribution in [0.15, 0.2) is 48.5 Å². The zero-order valence-electron chi connectivity index (χ0n) is 23.3. The summed E-state index contributed by atoms with van der Waals surface area (Å²) in [7, 11) is 0. The third-order valence-corrected chi connectivity index (χ3v) is 9.83. The Kier molecular flexibility index (Phi) is 6.06. The first-order valence-corrected chi connectivity index (χ1v) is 15.0. The van der Waals surface area contributed by atoms with Crippen LogP contribution in [0.5, 0.6) is 6.01 Å². The molecule has 0 saturated carbocycles. The zero-order chi connectivity index (χ0) is 28.4. The van der Waals surface area contributed by atoms with Gasteiger partial charge in [0.1, 0.15) is 24.1 Å². The molecule has 2 bridgehead atoms. The molecule has 214 valence electrons. The fraction of sp³-hybridized carbons (Fsp3) is 0.424. The van der Waals surface area contributed by atoms with Crippen LogP contribution >= 0.6 is 0 Å². The van der Waals surface area contributed by atoms with E-state index in [0.29, 0.717) is 52.9 Å². The van der Waals surface area contributed by atoms with Crippen LogP contribution in [0.1, 0.15) is 37.7 Å². The van der Waals surface area contributed by atoms with Crippen LogP contribution in [0, 0.1) is 17.1 Å². The molecular weight excluding hydrogens is 534 g/mol. The maximum absolute atomic E-state index is 16.8. The van der Waals surface area contributed by atoms with Gasteiger partial charge in [0.2, 0.25) is 0 Å². The van der Waals surface area contributed by atoms with E-state index in [1.54, 1.807) is 12.1 Å². The van der Waals surface area contributed by atoms with E-state index in [9.17, 15) is 9.65 Å². The molecule has 9 heteroatoms. The molecule has 1 aromatic heterocycles. The Morgan fingerprint density at radius 2 is 1.86 bits per heavy atom. The second-order valence-corrected chi connectivity index (χ2v) is 12.4. The Morgan fingerprint density at radius 3 is 2.69 bits per heavy atom. The van der Waals surface area contributed by atoms with Crippen molar-refractivity contribution in [3.63, 3.8) is 0 Å². The van der Waals surface area contributed by atoms with Gasteiger partial charge in [-0.1, -0.05) is 36.4 Å². The van der Waals surface area contributed by atoms with Gasteiger partial charge in [0.05, 0.1) is 17.2 Å². The molecule has 4 aromatic rings. The third-order valence-electron chi connectivity index (χ3n) is 9.83. The highest BCUT2D eigenvalue weighted by Gasteiger charge is 2.49. The predicted octanol–water partition coefficient (Wildman–Crippen LogP) is 5.36. The summed E-state index contributed by atoms with van der Waals surface area (Å²) in [5, 5.41) is 16.0. The van der Waals surface area contributed by atoms with Crippen LogP contribution < -0.4 is 15.0 Å². The van der Waals surface area contributed by atoms with E-state index in [-0.39, 0.29) is 23.7 Å². The molecule has 4 aliphatic rings. The molecule has 4 saturated heterocycles. The van der Waals surface area contributed by atoms with Gasteiger partial charge < -0.3 is 15.0 Å². The number of hydrogen-bond acceptors (Lipinski definition) is 7. The van der Waals surface area contributed by atoms with Crippen LogP contribution in [0.2, 0.25) is 0 Å². The minimum absolute atomic E-state index is 0.112. The standard InChI is InChI=1S/C33H32F2N6O/c34-22-14-33(12-3-13-41(33)16-22)19-42-32-38-30-27(31(39-32)40-17-23-8-9-24(18-40)37-23)11-10-26(29(30)35)28-21(15-36)7-6-20-4-1-2-5-25(20)28/h1-2,4-7,10-11,22-24,37H,3,8-9,12-14,16-19H2/t22-,23?,24?,33+/m1/s1. The number of nitrogens with one attached hydrogen (secondary N) is 1. The Morgan fingerprint density at radius 1 is 1.02 bits per heavy atom. The lowest BCUT2D eigenvalue weighted by Crippen LogP contribution is -2.51. The second-order valence-electron chi connectivity index (χ2n) is 12.4. The molecule has 5 heterocycles. The summed E-state index contributed by atoms with van der Waals surface area (Å²) < 4.78 is 37.5. The van der Waals surface area contributed by atoms with E-state index in [4.69, 9.17) is 9.72 Å². The predicted molar refractivity (Wildman–Crippen MR) is 158 cm³/mol. The minimum Gasteiger partial charge on any atom is -0.461 e. The second kappa shape index (κ2) is 9.85. The topological polar surface area (TPSA) is 77.3 Å². The molecule has 0 radical (unpaired) electrons. The van der Waals surface area contributed by atoms with Gasteiger partial charge in [0.15, 0.2) is 5.82 Å². The SMILES string of the molecule is N#Cc1ccc2ccccc2c1-c1ccc2c(N3CC4CCC(C3)N4)nc(OC[C@@]34CCCN3C[C@H](F)C4)nc2c1F. The largest absolute Gasteiger partial charge is 0.461 e. The summed E-state index contributed by atoms with van der Waals surface area (Å²) in [6.07, 6.45) is 3.65. The fourth-order valence-electron chi connectivity index (χ4n) is 7.90. The normalized spacial score (nSPS) is 27.1. The van der Waals surface area contributed by atoms with Crippen molar-refractivity contribution in [1.29, 1.82) is 5.26 Å². The average Bonchev–Trinajstić information content (AvgIpc) is 3.66. The van der Waals surface area contributed by atoms with Crippen molar-refractivity contribution in [2.24, 2.45) is 0 Å². The number of benzene rings is 3. The third kappa shape index (κ3) is 4.11. The van der Waals surface area contributed by atoms with E-state index < -0.39 is 12.0 Å². The summed E-state index contributed by atoms with van der Waals surface area (Å²) in [5.74, 6) is 0.158. The molecular formula is C33H32F2N6O. The van der Waals surface area contributed by atoms with Gasteiger partial charge in [-0.2, -0.15) is 15.2 Å². The number of anilines is 1. The van der Waals surface area contributed by atoms with Gasteiger partial charge >= 0.3 is 6.01 Å². The van der Waals surface area contributed by atoms with Crippen LogP contribution in [0.25, 0.3) is 32.8 Å². The molecule has 8 rings (SSSR count). The maximum Gasteiger partial charge on any atom is 0.319 e. The number of halogens is 2. The fourth-order valence-corrected chi connectivity index (χ4v) is 7.90. The van der Waals surface area contributed by atoms with Gasteiger partial charge in [0, 0.05) is 54.7 Å². The number of ether oxygens (including phenoxy) is 1. The number of alkyl halides is 1. The van der Waals surface area contributed by atoms with Crippen molar-refractivity contribution in [3.8, 4) is 23.2 Å². The molecule has 42 heavy (non-hydrogen) atoms. The van der Waals surface area contributed by atoms with Crippen LogP contribution in [-0.2, 0) is 0 Å². The summed E-state index contributed by atoms with van der Waals surface area (Å²) >= 11 is 0. The lowest BCUT2D eigenvalue weighted by atomic mass is 9.92. The first-order chi connectivity index (χ1) is 20.5.